The molecule has 0 fully saturated rings. The van der Waals surface area contributed by atoms with E-state index < -0.39 is 0 Å². The van der Waals surface area contributed by atoms with Gasteiger partial charge < -0.3 is 10.1 Å². The van der Waals surface area contributed by atoms with Crippen LogP contribution in [0.3, 0.4) is 0 Å². The number of nitrogens with zero attached hydrogens (tertiary/aromatic N) is 5. The van der Waals surface area contributed by atoms with E-state index >= 15 is 0 Å². The zero-order valence-corrected chi connectivity index (χ0v) is 13.4. The molecule has 2 heterocycles. The van der Waals surface area contributed by atoms with Crippen LogP contribution in [0.4, 0.5) is 0 Å². The summed E-state index contributed by atoms with van der Waals surface area (Å²) in [4.78, 5) is 0. The highest BCUT2D eigenvalue weighted by Gasteiger charge is 2.13. The van der Waals surface area contributed by atoms with E-state index in [0.717, 1.165) is 30.2 Å². The monoisotopic (exact) mass is 312 g/mol. The number of rotatable bonds is 8. The van der Waals surface area contributed by atoms with Gasteiger partial charge in [-0.3, -0.25) is 4.68 Å². The molecule has 0 radical (unpaired) electrons. The maximum atomic E-state index is 6.30. The van der Waals surface area contributed by atoms with Crippen LogP contribution in [0.5, 0.6) is 0 Å². The van der Waals surface area contributed by atoms with Crippen molar-refractivity contribution in [3.63, 3.8) is 0 Å². The second kappa shape index (κ2) is 7.53. The van der Waals surface area contributed by atoms with Crippen LogP contribution in [-0.4, -0.2) is 45.0 Å². The van der Waals surface area contributed by atoms with Gasteiger partial charge in [0.2, 0.25) is 0 Å². The normalized spacial score (nSPS) is 11.2. The van der Waals surface area contributed by atoms with Gasteiger partial charge in [-0.15, -0.1) is 5.10 Å². The van der Waals surface area contributed by atoms with Gasteiger partial charge in [0.25, 0.3) is 0 Å². The molecule has 0 aliphatic carbocycles. The fourth-order valence-electron chi connectivity index (χ4n) is 2.06. The molecule has 8 heteroatoms. The summed E-state index contributed by atoms with van der Waals surface area (Å²) in [6.45, 7) is 7.43. The molecule has 116 valence electrons. The van der Waals surface area contributed by atoms with Crippen LogP contribution in [0, 0.1) is 6.92 Å². The largest absolute Gasteiger partial charge is 0.383 e. The summed E-state index contributed by atoms with van der Waals surface area (Å²) < 4.78 is 8.66. The third-order valence-electron chi connectivity index (χ3n) is 3.14. The maximum Gasteiger partial charge on any atom is 0.0965 e. The number of hydrogen-bond donors (Lipinski definition) is 1. The molecule has 0 aliphatic heterocycles. The molecule has 0 atom stereocenters. The van der Waals surface area contributed by atoms with Gasteiger partial charge in [-0.1, -0.05) is 16.8 Å². The minimum absolute atomic E-state index is 0.568. The Labute approximate surface area is 129 Å². The molecule has 2 rings (SSSR count). The van der Waals surface area contributed by atoms with Crippen LogP contribution < -0.4 is 5.32 Å². The molecule has 0 bridgehead atoms. The SMILES string of the molecule is CCn1nc(C)c(Cl)c1Cn1cc(CNCCOC)nn1. The highest BCUT2D eigenvalue weighted by Crippen LogP contribution is 2.20. The Morgan fingerprint density at radius 3 is 2.95 bits per heavy atom. The molecule has 0 spiro atoms. The lowest BCUT2D eigenvalue weighted by Gasteiger charge is -2.04. The predicted octanol–water partition coefficient (Wildman–Crippen LogP) is 1.24. The van der Waals surface area contributed by atoms with E-state index in [-0.39, 0.29) is 0 Å². The number of methoxy groups -OCH3 is 1. The molecule has 2 aromatic heterocycles. The zero-order valence-electron chi connectivity index (χ0n) is 12.6. The van der Waals surface area contributed by atoms with Crippen molar-refractivity contribution in [3.8, 4) is 0 Å². The van der Waals surface area contributed by atoms with Crippen molar-refractivity contribution < 1.29 is 4.74 Å². The molecule has 0 amide bonds. The maximum absolute atomic E-state index is 6.30. The summed E-state index contributed by atoms with van der Waals surface area (Å²) in [6.07, 6.45) is 1.92. The van der Waals surface area contributed by atoms with Crippen LogP contribution in [-0.2, 0) is 24.4 Å². The number of ether oxygens (including phenoxy) is 1. The van der Waals surface area contributed by atoms with Crippen LogP contribution >= 0.6 is 11.6 Å². The Kier molecular flexibility index (Phi) is 5.72. The van der Waals surface area contributed by atoms with E-state index in [4.69, 9.17) is 16.3 Å². The predicted molar refractivity (Wildman–Crippen MR) is 80.4 cm³/mol. The average molecular weight is 313 g/mol. The number of hydrogen-bond acceptors (Lipinski definition) is 5. The van der Waals surface area contributed by atoms with Gasteiger partial charge in [0.1, 0.15) is 0 Å². The minimum atomic E-state index is 0.568. The smallest absolute Gasteiger partial charge is 0.0965 e. The van der Waals surface area contributed by atoms with Gasteiger partial charge in [0.05, 0.1) is 41.5 Å². The van der Waals surface area contributed by atoms with Crippen molar-refractivity contribution in [2.45, 2.75) is 33.5 Å². The molecule has 0 saturated carbocycles. The number of aryl methyl sites for hydroxylation is 2. The zero-order chi connectivity index (χ0) is 15.2. The van der Waals surface area contributed by atoms with Gasteiger partial charge in [0.15, 0.2) is 0 Å². The van der Waals surface area contributed by atoms with E-state index in [9.17, 15) is 0 Å². The first-order valence-corrected chi connectivity index (χ1v) is 7.34. The molecule has 0 saturated heterocycles. The van der Waals surface area contributed by atoms with Crippen molar-refractivity contribution in [1.29, 1.82) is 0 Å². The molecule has 1 N–H and O–H groups in total. The molecule has 2 aromatic rings. The van der Waals surface area contributed by atoms with E-state index in [1.165, 1.54) is 0 Å². The van der Waals surface area contributed by atoms with E-state index in [0.29, 0.717) is 24.7 Å². The number of aromatic nitrogens is 5. The topological polar surface area (TPSA) is 69.8 Å². The van der Waals surface area contributed by atoms with Crippen molar-refractivity contribution in [2.75, 3.05) is 20.3 Å². The fourth-order valence-corrected chi connectivity index (χ4v) is 2.26. The molecule has 0 aromatic carbocycles. The molecular weight excluding hydrogens is 292 g/mol. The summed E-state index contributed by atoms with van der Waals surface area (Å²) in [7, 11) is 1.68. The summed E-state index contributed by atoms with van der Waals surface area (Å²) in [5.74, 6) is 0. The molecule has 0 aliphatic rings. The number of halogens is 1. The van der Waals surface area contributed by atoms with Crippen LogP contribution in [0.2, 0.25) is 5.02 Å². The summed E-state index contributed by atoms with van der Waals surface area (Å²) >= 11 is 6.30. The van der Waals surface area contributed by atoms with Gasteiger partial charge in [0, 0.05) is 26.7 Å². The third kappa shape index (κ3) is 4.03. The quantitative estimate of drug-likeness (QED) is 0.743. The van der Waals surface area contributed by atoms with E-state index in [1.54, 1.807) is 11.8 Å². The van der Waals surface area contributed by atoms with Crippen molar-refractivity contribution in [3.05, 3.63) is 28.3 Å². The van der Waals surface area contributed by atoms with Crippen LogP contribution in [0.15, 0.2) is 6.20 Å². The highest BCUT2D eigenvalue weighted by atomic mass is 35.5. The Morgan fingerprint density at radius 2 is 2.24 bits per heavy atom. The summed E-state index contributed by atoms with van der Waals surface area (Å²) in [6, 6.07) is 0. The first-order valence-electron chi connectivity index (χ1n) is 6.96. The van der Waals surface area contributed by atoms with E-state index in [2.05, 4.69) is 20.7 Å². The van der Waals surface area contributed by atoms with Crippen molar-refractivity contribution in [2.24, 2.45) is 0 Å². The Bertz CT molecular complexity index is 579. The molecule has 7 nitrogen and oxygen atoms in total. The first kappa shape index (κ1) is 15.9. The second-order valence-electron chi connectivity index (χ2n) is 4.74. The van der Waals surface area contributed by atoms with Gasteiger partial charge in [-0.05, 0) is 13.8 Å². The summed E-state index contributed by atoms with van der Waals surface area (Å²) in [5, 5.41) is 16.6. The number of nitrogens with one attached hydrogen (secondary N) is 1. The first-order chi connectivity index (χ1) is 10.2. The lowest BCUT2D eigenvalue weighted by Crippen LogP contribution is -2.18. The lowest BCUT2D eigenvalue weighted by atomic mass is 10.3. The van der Waals surface area contributed by atoms with E-state index in [1.807, 2.05) is 24.7 Å². The average Bonchev–Trinajstić information content (AvgIpc) is 3.03. The van der Waals surface area contributed by atoms with Gasteiger partial charge >= 0.3 is 0 Å². The Morgan fingerprint density at radius 1 is 1.43 bits per heavy atom. The van der Waals surface area contributed by atoms with Gasteiger partial charge in [-0.25, -0.2) is 4.68 Å². The summed E-state index contributed by atoms with van der Waals surface area (Å²) in [5.41, 5.74) is 2.69. The molecular formula is C13H21ClN6O. The standard InChI is InChI=1S/C13H21ClN6O/c1-4-20-12(13(14)10(2)17-20)9-19-8-11(16-18-19)7-15-5-6-21-3/h8,15H,4-7,9H2,1-3H3. The van der Waals surface area contributed by atoms with Gasteiger partial charge in [-0.2, -0.15) is 5.10 Å². The Balaban J connectivity index is 1.99. The molecule has 21 heavy (non-hydrogen) atoms. The van der Waals surface area contributed by atoms with Crippen molar-refractivity contribution in [1.82, 2.24) is 30.1 Å². The van der Waals surface area contributed by atoms with Crippen LogP contribution in [0.25, 0.3) is 0 Å². The minimum Gasteiger partial charge on any atom is -0.383 e. The lowest BCUT2D eigenvalue weighted by molar-refractivity contribution is 0.199. The Hall–Kier alpha value is -1.44. The third-order valence-corrected chi connectivity index (χ3v) is 3.63. The molecule has 0 unspecified atom stereocenters. The highest BCUT2D eigenvalue weighted by molar-refractivity contribution is 6.31. The van der Waals surface area contributed by atoms with Crippen molar-refractivity contribution >= 4 is 11.6 Å². The fraction of sp³-hybridized carbons (Fsp3) is 0.615. The van der Waals surface area contributed by atoms with Crippen LogP contribution in [0.1, 0.15) is 24.0 Å². The second-order valence-corrected chi connectivity index (χ2v) is 5.12.